The molecule has 0 radical (unpaired) electrons. The average molecular weight is 560 g/mol. The van der Waals surface area contributed by atoms with Gasteiger partial charge in [0, 0.05) is 31.4 Å². The van der Waals surface area contributed by atoms with Gasteiger partial charge in [0.1, 0.15) is 6.04 Å². The Balaban J connectivity index is 1.82. The van der Waals surface area contributed by atoms with Gasteiger partial charge in [0.2, 0.25) is 11.8 Å². The molecule has 3 aliphatic heterocycles. The minimum atomic E-state index is -0.829. The first-order valence-electron chi connectivity index (χ1n) is 13.4. The minimum Gasteiger partial charge on any atom is -0.395 e. The number of anilines is 1. The van der Waals surface area contributed by atoms with Gasteiger partial charge in [-0.05, 0) is 37.3 Å². The van der Waals surface area contributed by atoms with Crippen molar-refractivity contribution < 1.29 is 19.5 Å². The summed E-state index contributed by atoms with van der Waals surface area (Å²) in [5.41, 5.74) is 1.43. The van der Waals surface area contributed by atoms with Crippen LogP contribution in [0.3, 0.4) is 0 Å². The fraction of sp³-hybridized carbons (Fsp3) is 0.552. The number of carbonyl (C=O) groups excluding carboxylic acids is 3. The lowest BCUT2D eigenvalue weighted by Gasteiger charge is -2.41. The second-order valence-corrected chi connectivity index (χ2v) is 12.5. The molecule has 1 spiro atoms. The van der Waals surface area contributed by atoms with Gasteiger partial charge in [-0.25, -0.2) is 0 Å². The molecular weight excluding hydrogens is 522 g/mol. The Morgan fingerprint density at radius 1 is 1.26 bits per heavy atom. The number of nitrogens with zero attached hydrogens (tertiary/aromatic N) is 3. The largest absolute Gasteiger partial charge is 0.395 e. The van der Waals surface area contributed by atoms with Gasteiger partial charge in [0.15, 0.2) is 0 Å². The summed E-state index contributed by atoms with van der Waals surface area (Å²) in [6.45, 7) is 14.7. The number of likely N-dealkylation sites (tertiary alicyclic amines) is 1. The van der Waals surface area contributed by atoms with Gasteiger partial charge in [0.25, 0.3) is 5.91 Å². The SMILES string of the molecule is C=CCN(CCC)C(=O)[C@@H]1[C@@H]2CC(C)C3(S2)C(C(=O)N(CC=C)c2c(C)cccc2Cl)N(CCO)C(=O)[C@H]13. The molecule has 3 unspecified atom stereocenters. The Bertz CT molecular complexity index is 1110. The second-order valence-electron chi connectivity index (χ2n) is 10.5. The molecule has 3 fully saturated rings. The van der Waals surface area contributed by atoms with E-state index in [0.717, 1.165) is 18.4 Å². The summed E-state index contributed by atoms with van der Waals surface area (Å²) < 4.78 is -0.769. The van der Waals surface area contributed by atoms with Crippen LogP contribution in [-0.2, 0) is 14.4 Å². The maximum atomic E-state index is 14.6. The molecule has 3 aliphatic rings. The van der Waals surface area contributed by atoms with Crippen LogP contribution in [0.4, 0.5) is 5.69 Å². The van der Waals surface area contributed by atoms with Crippen molar-refractivity contribution in [2.75, 3.05) is 37.7 Å². The number of amides is 3. The molecule has 6 atom stereocenters. The Kier molecular flexibility index (Phi) is 8.65. The molecule has 7 nitrogen and oxygen atoms in total. The van der Waals surface area contributed by atoms with Crippen LogP contribution in [0.15, 0.2) is 43.5 Å². The smallest absolute Gasteiger partial charge is 0.251 e. The van der Waals surface area contributed by atoms with Gasteiger partial charge in [-0.3, -0.25) is 14.4 Å². The quantitative estimate of drug-likeness (QED) is 0.416. The zero-order chi connectivity index (χ0) is 27.8. The Hall–Kier alpha value is -2.29. The Morgan fingerprint density at radius 2 is 1.97 bits per heavy atom. The predicted molar refractivity (Wildman–Crippen MR) is 153 cm³/mol. The van der Waals surface area contributed by atoms with Gasteiger partial charge in [-0.2, -0.15) is 0 Å². The van der Waals surface area contributed by atoms with Crippen molar-refractivity contribution in [1.29, 1.82) is 0 Å². The number of hydrogen-bond acceptors (Lipinski definition) is 5. The van der Waals surface area contributed by atoms with Crippen LogP contribution < -0.4 is 4.90 Å². The van der Waals surface area contributed by atoms with Crippen molar-refractivity contribution in [1.82, 2.24) is 9.80 Å². The van der Waals surface area contributed by atoms with Crippen molar-refractivity contribution in [2.45, 2.75) is 49.7 Å². The number of aliphatic hydroxyl groups excluding tert-OH is 1. The van der Waals surface area contributed by atoms with E-state index < -0.39 is 22.6 Å². The summed E-state index contributed by atoms with van der Waals surface area (Å²) in [5.74, 6) is -1.62. The molecule has 1 aromatic rings. The van der Waals surface area contributed by atoms with E-state index in [1.807, 2.05) is 26.0 Å². The van der Waals surface area contributed by atoms with E-state index in [0.29, 0.717) is 23.8 Å². The van der Waals surface area contributed by atoms with Crippen LogP contribution in [0.5, 0.6) is 0 Å². The molecule has 9 heteroatoms. The third kappa shape index (κ3) is 4.38. The molecule has 0 aliphatic carbocycles. The zero-order valence-corrected chi connectivity index (χ0v) is 24.0. The lowest BCUT2D eigenvalue weighted by atomic mass is 9.65. The first kappa shape index (κ1) is 28.7. The molecule has 0 saturated carbocycles. The van der Waals surface area contributed by atoms with Crippen LogP contribution >= 0.6 is 23.4 Å². The van der Waals surface area contributed by atoms with Crippen molar-refractivity contribution in [3.8, 4) is 0 Å². The highest BCUT2D eigenvalue weighted by Gasteiger charge is 2.76. The van der Waals surface area contributed by atoms with E-state index in [1.54, 1.807) is 39.8 Å². The second kappa shape index (κ2) is 11.4. The van der Waals surface area contributed by atoms with Crippen LogP contribution in [0.1, 0.15) is 32.3 Å². The molecule has 3 heterocycles. The number of carbonyl (C=O) groups is 3. The molecule has 0 aromatic heterocycles. The number of rotatable bonds is 11. The Labute approximate surface area is 234 Å². The number of thioether (sulfide) groups is 1. The Morgan fingerprint density at radius 3 is 2.58 bits per heavy atom. The standard InChI is InChI=1S/C29H38ClN3O4S/c1-6-12-31(13-7-2)26(35)22-21-17-19(5)29(38-21)23(22)27(36)33(15-16-34)25(29)28(37)32(14-8-3)24-18(4)10-9-11-20(24)30/h6,8-11,19,21-23,25,34H,1,3,7,12-17H2,2,4-5H3/t19?,21-,22+,23-,25?,29?/m0/s1. The number of β-amino-alcohol motifs (C(OH)–C–C–N with tert-alkyl or cyclic N) is 1. The summed E-state index contributed by atoms with van der Waals surface area (Å²) in [5, 5.41) is 10.3. The highest BCUT2D eigenvalue weighted by molar-refractivity contribution is 8.02. The number of halogens is 1. The van der Waals surface area contributed by atoms with Crippen molar-refractivity contribution in [3.63, 3.8) is 0 Å². The maximum Gasteiger partial charge on any atom is 0.251 e. The fourth-order valence-electron chi connectivity index (χ4n) is 6.89. The molecule has 1 aromatic carbocycles. The first-order valence-corrected chi connectivity index (χ1v) is 14.6. The lowest BCUT2D eigenvalue weighted by Crippen LogP contribution is -2.58. The summed E-state index contributed by atoms with van der Waals surface area (Å²) >= 11 is 8.23. The highest BCUT2D eigenvalue weighted by atomic mass is 35.5. The van der Waals surface area contributed by atoms with Crippen molar-refractivity contribution >= 4 is 46.8 Å². The van der Waals surface area contributed by atoms with E-state index in [1.165, 1.54) is 4.90 Å². The fourth-order valence-corrected chi connectivity index (χ4v) is 9.62. The summed E-state index contributed by atoms with van der Waals surface area (Å²) in [6, 6.07) is 4.65. The number of benzene rings is 1. The molecule has 206 valence electrons. The van der Waals surface area contributed by atoms with Gasteiger partial charge in [0.05, 0.1) is 33.9 Å². The number of aryl methyl sites for hydroxylation is 1. The summed E-state index contributed by atoms with van der Waals surface area (Å²) in [6.07, 6.45) is 4.92. The average Bonchev–Trinajstić information content (AvgIpc) is 3.46. The molecule has 3 saturated heterocycles. The lowest BCUT2D eigenvalue weighted by molar-refractivity contribution is -0.144. The number of para-hydroxylation sites is 1. The maximum absolute atomic E-state index is 14.6. The first-order chi connectivity index (χ1) is 18.2. The van der Waals surface area contributed by atoms with Crippen molar-refractivity contribution in [3.05, 3.63) is 54.1 Å². The third-order valence-electron chi connectivity index (χ3n) is 8.30. The number of hydrogen-bond donors (Lipinski definition) is 1. The molecule has 1 N–H and O–H groups in total. The van der Waals surface area contributed by atoms with E-state index in [4.69, 9.17) is 11.6 Å². The van der Waals surface area contributed by atoms with Gasteiger partial charge in [-0.1, -0.05) is 49.7 Å². The highest BCUT2D eigenvalue weighted by Crippen LogP contribution is 2.69. The van der Waals surface area contributed by atoms with E-state index in [9.17, 15) is 19.5 Å². The normalized spacial score (nSPS) is 29.3. The molecular formula is C29H38ClN3O4S. The van der Waals surface area contributed by atoms with Crippen LogP contribution in [0, 0.1) is 24.7 Å². The predicted octanol–water partition coefficient (Wildman–Crippen LogP) is 3.92. The number of fused-ring (bicyclic) bond motifs is 1. The van der Waals surface area contributed by atoms with Crippen LogP contribution in [0.2, 0.25) is 5.02 Å². The van der Waals surface area contributed by atoms with Crippen molar-refractivity contribution in [2.24, 2.45) is 17.8 Å². The summed E-state index contributed by atoms with van der Waals surface area (Å²) in [4.78, 5) is 47.5. The van der Waals surface area contributed by atoms with Crippen LogP contribution in [-0.4, -0.2) is 81.5 Å². The van der Waals surface area contributed by atoms with E-state index >= 15 is 0 Å². The van der Waals surface area contributed by atoms with E-state index in [-0.39, 0.29) is 48.6 Å². The topological polar surface area (TPSA) is 81.2 Å². The van der Waals surface area contributed by atoms with E-state index in [2.05, 4.69) is 20.1 Å². The molecule has 38 heavy (non-hydrogen) atoms. The molecule has 3 amide bonds. The van der Waals surface area contributed by atoms with Gasteiger partial charge < -0.3 is 19.8 Å². The zero-order valence-electron chi connectivity index (χ0n) is 22.4. The molecule has 4 rings (SSSR count). The summed E-state index contributed by atoms with van der Waals surface area (Å²) in [7, 11) is 0. The van der Waals surface area contributed by atoms with Crippen LogP contribution in [0.25, 0.3) is 0 Å². The minimum absolute atomic E-state index is 0.0289. The van der Waals surface area contributed by atoms with Gasteiger partial charge >= 0.3 is 0 Å². The molecule has 2 bridgehead atoms. The third-order valence-corrected chi connectivity index (χ3v) is 10.7. The van der Waals surface area contributed by atoms with Gasteiger partial charge in [-0.15, -0.1) is 24.9 Å². The number of aliphatic hydroxyl groups is 1. The monoisotopic (exact) mass is 559 g/mol.